The number of halogens is 1. The Morgan fingerprint density at radius 1 is 1.31 bits per heavy atom. The van der Waals surface area contributed by atoms with E-state index in [1.807, 2.05) is 6.92 Å². The fraction of sp³-hybridized carbons (Fsp3) is 0.278. The Morgan fingerprint density at radius 2 is 2.19 bits per heavy atom. The largest absolute Gasteiger partial charge is 0.363 e. The van der Waals surface area contributed by atoms with Gasteiger partial charge in [0, 0.05) is 12.7 Å². The van der Waals surface area contributed by atoms with Gasteiger partial charge in [-0.15, -0.1) is 0 Å². The lowest BCUT2D eigenvalue weighted by Gasteiger charge is -2.19. The van der Waals surface area contributed by atoms with Crippen LogP contribution in [0.25, 0.3) is 5.65 Å². The van der Waals surface area contributed by atoms with E-state index in [1.165, 1.54) is 6.07 Å². The summed E-state index contributed by atoms with van der Waals surface area (Å²) in [5.74, 6) is 0.360. The van der Waals surface area contributed by atoms with Crippen molar-refractivity contribution in [3.8, 4) is 0 Å². The van der Waals surface area contributed by atoms with Crippen molar-refractivity contribution in [2.24, 2.45) is 0 Å². The van der Waals surface area contributed by atoms with E-state index in [2.05, 4.69) is 26.0 Å². The lowest BCUT2D eigenvalue weighted by atomic mass is 9.97. The Balaban J connectivity index is 1.76. The van der Waals surface area contributed by atoms with Gasteiger partial charge in [-0.2, -0.15) is 5.10 Å². The number of benzene rings is 1. The van der Waals surface area contributed by atoms with Crippen molar-refractivity contribution >= 4 is 23.2 Å². The highest BCUT2D eigenvalue weighted by Crippen LogP contribution is 2.25. The number of carbonyl (C=O) groups excluding carboxylic acids is 1. The molecular formula is C18H19FN6O. The van der Waals surface area contributed by atoms with Crippen molar-refractivity contribution in [1.82, 2.24) is 19.9 Å². The summed E-state index contributed by atoms with van der Waals surface area (Å²) >= 11 is 0. The van der Waals surface area contributed by atoms with E-state index < -0.39 is 0 Å². The topological polar surface area (TPSA) is 83.3 Å². The predicted octanol–water partition coefficient (Wildman–Crippen LogP) is 3.11. The molecule has 1 aromatic carbocycles. The summed E-state index contributed by atoms with van der Waals surface area (Å²) in [4.78, 5) is 16.6. The number of aryl methyl sites for hydroxylation is 1. The number of carbonyl (C=O) groups is 1. The van der Waals surface area contributed by atoms with Crippen molar-refractivity contribution in [3.05, 3.63) is 53.6 Å². The van der Waals surface area contributed by atoms with Crippen LogP contribution in [0.15, 0.2) is 36.7 Å². The van der Waals surface area contributed by atoms with Gasteiger partial charge in [-0.1, -0.05) is 6.07 Å². The van der Waals surface area contributed by atoms with E-state index in [-0.39, 0.29) is 17.9 Å². The minimum absolute atomic E-state index is 0.118. The van der Waals surface area contributed by atoms with Crippen LogP contribution in [0.2, 0.25) is 0 Å². The fourth-order valence-corrected chi connectivity index (χ4v) is 3.18. The zero-order chi connectivity index (χ0) is 18.1. The first kappa shape index (κ1) is 16.3. The van der Waals surface area contributed by atoms with Gasteiger partial charge in [-0.25, -0.2) is 18.7 Å². The Hall–Kier alpha value is -3.16. The van der Waals surface area contributed by atoms with Crippen molar-refractivity contribution < 1.29 is 9.18 Å². The molecule has 26 heavy (non-hydrogen) atoms. The van der Waals surface area contributed by atoms with Crippen LogP contribution in [-0.4, -0.2) is 27.2 Å². The van der Waals surface area contributed by atoms with Crippen molar-refractivity contribution in [2.75, 3.05) is 17.2 Å². The van der Waals surface area contributed by atoms with Gasteiger partial charge < -0.3 is 16.0 Å². The van der Waals surface area contributed by atoms with Crippen LogP contribution in [0, 0.1) is 5.82 Å². The van der Waals surface area contributed by atoms with Gasteiger partial charge in [-0.3, -0.25) is 0 Å². The minimum atomic E-state index is -0.301. The second-order valence-electron chi connectivity index (χ2n) is 6.33. The fourth-order valence-electron chi connectivity index (χ4n) is 3.18. The molecule has 4 rings (SSSR count). The minimum Gasteiger partial charge on any atom is -0.363 e. The van der Waals surface area contributed by atoms with E-state index >= 15 is 0 Å². The monoisotopic (exact) mass is 354 g/mol. The molecule has 8 heteroatoms. The molecule has 2 aromatic heterocycles. The van der Waals surface area contributed by atoms with Gasteiger partial charge in [0.2, 0.25) is 0 Å². The third-order valence-corrected chi connectivity index (χ3v) is 4.46. The third kappa shape index (κ3) is 3.17. The molecule has 3 N–H and O–H groups in total. The Bertz CT molecular complexity index is 969. The highest BCUT2D eigenvalue weighted by atomic mass is 19.1. The molecule has 0 unspecified atom stereocenters. The van der Waals surface area contributed by atoms with Gasteiger partial charge in [0.05, 0.1) is 12.2 Å². The van der Waals surface area contributed by atoms with Crippen LogP contribution in [0.1, 0.15) is 30.5 Å². The molecule has 2 bridgehead atoms. The summed E-state index contributed by atoms with van der Waals surface area (Å²) in [7, 11) is 0. The summed E-state index contributed by atoms with van der Waals surface area (Å²) in [6.07, 6.45) is 4.82. The molecule has 3 aromatic rings. The lowest BCUT2D eigenvalue weighted by Crippen LogP contribution is -2.30. The van der Waals surface area contributed by atoms with Crippen LogP contribution < -0.4 is 16.0 Å². The summed E-state index contributed by atoms with van der Waals surface area (Å²) in [6, 6.07) is 6.21. The molecule has 1 aliphatic rings. The van der Waals surface area contributed by atoms with Crippen molar-refractivity contribution in [3.63, 3.8) is 0 Å². The molecule has 134 valence electrons. The smallest absolute Gasteiger partial charge is 0.319 e. The number of nitrogens with one attached hydrogen (secondary N) is 3. The lowest BCUT2D eigenvalue weighted by molar-refractivity contribution is 0.252. The number of nitrogens with zero attached hydrogens (tertiary/aromatic N) is 3. The Morgan fingerprint density at radius 3 is 3.08 bits per heavy atom. The van der Waals surface area contributed by atoms with Crippen LogP contribution in [0.3, 0.4) is 0 Å². The molecule has 3 heterocycles. The van der Waals surface area contributed by atoms with E-state index in [9.17, 15) is 9.18 Å². The molecule has 0 saturated heterocycles. The quantitative estimate of drug-likeness (QED) is 0.579. The van der Waals surface area contributed by atoms with Gasteiger partial charge >= 0.3 is 6.03 Å². The first-order valence-corrected chi connectivity index (χ1v) is 8.54. The molecule has 7 nitrogen and oxygen atoms in total. The van der Waals surface area contributed by atoms with Crippen molar-refractivity contribution in [1.29, 1.82) is 0 Å². The van der Waals surface area contributed by atoms with Crippen molar-refractivity contribution in [2.45, 2.75) is 25.8 Å². The summed E-state index contributed by atoms with van der Waals surface area (Å²) in [5.41, 5.74) is 3.01. The van der Waals surface area contributed by atoms with E-state index in [4.69, 9.17) is 0 Å². The zero-order valence-corrected chi connectivity index (χ0v) is 14.3. The van der Waals surface area contributed by atoms with E-state index in [1.54, 1.807) is 35.1 Å². The number of aromatic nitrogens is 3. The zero-order valence-electron chi connectivity index (χ0n) is 14.3. The molecule has 2 amide bonds. The van der Waals surface area contributed by atoms with Crippen LogP contribution >= 0.6 is 0 Å². The molecule has 0 spiro atoms. The molecule has 0 fully saturated rings. The first-order valence-electron chi connectivity index (χ1n) is 8.54. The molecule has 0 aliphatic carbocycles. The molecule has 0 radical (unpaired) electrons. The van der Waals surface area contributed by atoms with Gasteiger partial charge in [-0.05, 0) is 49.1 Å². The number of rotatable bonds is 0. The second kappa shape index (κ2) is 6.62. The van der Waals surface area contributed by atoms with Crippen LogP contribution in [-0.2, 0) is 6.42 Å². The molecule has 0 saturated carbocycles. The summed E-state index contributed by atoms with van der Waals surface area (Å²) in [6.45, 7) is 2.50. The van der Waals surface area contributed by atoms with Crippen LogP contribution in [0.5, 0.6) is 0 Å². The Labute approximate surface area is 149 Å². The van der Waals surface area contributed by atoms with E-state index in [0.717, 1.165) is 24.0 Å². The number of amides is 2. The van der Waals surface area contributed by atoms with Gasteiger partial charge in [0.25, 0.3) is 0 Å². The third-order valence-electron chi connectivity index (χ3n) is 4.46. The SMILES string of the molecule is C[C@H]1Nc2ccn3ncc(c3n2)NC(=O)NCCCc2ccc(F)cc21. The number of urea groups is 1. The molecule has 1 atom stereocenters. The molecular weight excluding hydrogens is 335 g/mol. The highest BCUT2D eigenvalue weighted by molar-refractivity contribution is 5.93. The predicted molar refractivity (Wildman–Crippen MR) is 96.8 cm³/mol. The summed E-state index contributed by atoms with van der Waals surface area (Å²) in [5, 5.41) is 13.1. The second-order valence-corrected chi connectivity index (χ2v) is 6.33. The maximum Gasteiger partial charge on any atom is 0.319 e. The van der Waals surface area contributed by atoms with Crippen LogP contribution in [0.4, 0.5) is 20.7 Å². The highest BCUT2D eigenvalue weighted by Gasteiger charge is 2.15. The Kier molecular flexibility index (Phi) is 4.16. The first-order chi connectivity index (χ1) is 12.6. The average molecular weight is 354 g/mol. The number of fused-ring (bicyclic) bond motifs is 2. The van der Waals surface area contributed by atoms with E-state index in [0.29, 0.717) is 23.7 Å². The molecule has 1 aliphatic heterocycles. The maximum atomic E-state index is 13.8. The number of hydrogen-bond acceptors (Lipinski definition) is 4. The summed E-state index contributed by atoms with van der Waals surface area (Å²) < 4.78 is 15.4. The normalized spacial score (nSPS) is 17.8. The van der Waals surface area contributed by atoms with Gasteiger partial charge in [0.15, 0.2) is 5.65 Å². The van der Waals surface area contributed by atoms with Gasteiger partial charge in [0.1, 0.15) is 17.3 Å². The maximum absolute atomic E-state index is 13.8. The average Bonchev–Trinajstić information content (AvgIpc) is 3.01. The number of hydrogen-bond donors (Lipinski definition) is 3. The number of anilines is 2. The standard InChI is InChI=1S/C18H19FN6O/c1-11-14-9-13(19)5-4-12(14)3-2-7-20-18(26)23-15-10-21-25-8-6-16(22-11)24-17(15)25/h4-6,8-11H,2-3,7H2,1H3,(H,22,24)(H2,20,23,26)/t11-/m1/s1.